The predicted octanol–water partition coefficient (Wildman–Crippen LogP) is 1.72. The summed E-state index contributed by atoms with van der Waals surface area (Å²) in [4.78, 5) is 29.8. The maximum Gasteiger partial charge on any atom is 0.409 e. The summed E-state index contributed by atoms with van der Waals surface area (Å²) >= 11 is 0. The summed E-state index contributed by atoms with van der Waals surface area (Å²) < 4.78 is 43.4. The van der Waals surface area contributed by atoms with Crippen LogP contribution in [0.15, 0.2) is 41.4 Å². The molecule has 1 aliphatic carbocycles. The van der Waals surface area contributed by atoms with E-state index < -0.39 is 28.1 Å². The average molecular weight is 535 g/mol. The van der Waals surface area contributed by atoms with Crippen LogP contribution in [-0.2, 0) is 37.1 Å². The van der Waals surface area contributed by atoms with Crippen molar-refractivity contribution in [3.8, 4) is 11.6 Å². The molecule has 1 aliphatic heterocycles. The lowest BCUT2D eigenvalue weighted by Gasteiger charge is -2.38. The van der Waals surface area contributed by atoms with Gasteiger partial charge in [-0.3, -0.25) is 10.0 Å². The van der Waals surface area contributed by atoms with Crippen LogP contribution in [0.25, 0.3) is 0 Å². The molecule has 1 aromatic carbocycles. The van der Waals surface area contributed by atoms with E-state index in [1.165, 1.54) is 47.2 Å². The molecular weight excluding hydrogens is 504 g/mol. The number of hydrogen-bond donors (Lipinski definition) is 2. The molecule has 1 fully saturated rings. The minimum absolute atomic E-state index is 0.00674. The van der Waals surface area contributed by atoms with Crippen molar-refractivity contribution >= 4 is 22.0 Å². The second kappa shape index (κ2) is 11.9. The van der Waals surface area contributed by atoms with E-state index in [0.29, 0.717) is 5.75 Å². The minimum Gasteiger partial charge on any atom is -0.447 e. The summed E-state index contributed by atoms with van der Waals surface area (Å²) in [5.74, 6) is -0.127. The molecule has 2 amide bonds. The van der Waals surface area contributed by atoms with Crippen molar-refractivity contribution in [3.05, 3.63) is 47.7 Å². The summed E-state index contributed by atoms with van der Waals surface area (Å²) in [5.41, 5.74) is 4.04. The number of hydrogen-bond acceptors (Lipinski definition) is 9. The first-order chi connectivity index (χ1) is 17.8. The molecule has 0 unspecified atom stereocenters. The zero-order chi connectivity index (χ0) is 26.4. The smallest absolute Gasteiger partial charge is 0.409 e. The number of hydroxylamine groups is 1. The van der Waals surface area contributed by atoms with Gasteiger partial charge in [-0.2, -0.15) is 4.31 Å². The Morgan fingerprint density at radius 2 is 1.89 bits per heavy atom. The number of rotatable bonds is 8. The number of methoxy groups -OCH3 is 1. The van der Waals surface area contributed by atoms with Gasteiger partial charge in [-0.25, -0.2) is 23.7 Å². The number of piperazine rings is 1. The lowest BCUT2D eigenvalue weighted by Crippen LogP contribution is -2.61. The molecule has 13 heteroatoms. The van der Waals surface area contributed by atoms with Crippen molar-refractivity contribution in [2.24, 2.45) is 0 Å². The van der Waals surface area contributed by atoms with Crippen LogP contribution in [0.3, 0.4) is 0 Å². The summed E-state index contributed by atoms with van der Waals surface area (Å²) in [7, 11) is -2.73. The third-order valence-electron chi connectivity index (χ3n) is 6.37. The standard InChI is InChI=1S/C24H30N4O8S/c1-34-12-13-35-24(30)27-10-11-28(21(16-27)23(29)26-31)37(32,33)20-8-9-22(25-15-20)36-19-7-6-17-4-2-3-5-18(17)14-19/h6-9,14-15,21,31H,2-5,10-13,16H2,1H3,(H,26,29)/t21-/m1/s1. The third-order valence-corrected chi connectivity index (χ3v) is 8.27. The Labute approximate surface area is 215 Å². The summed E-state index contributed by atoms with van der Waals surface area (Å²) in [5, 5.41) is 9.19. The fourth-order valence-corrected chi connectivity index (χ4v) is 5.94. The van der Waals surface area contributed by atoms with Gasteiger partial charge >= 0.3 is 6.09 Å². The van der Waals surface area contributed by atoms with Crippen molar-refractivity contribution in [2.45, 2.75) is 36.6 Å². The Balaban J connectivity index is 1.47. The number of aromatic nitrogens is 1. The number of carbonyl (C=O) groups is 2. The lowest BCUT2D eigenvalue weighted by molar-refractivity contribution is -0.134. The number of pyridine rings is 1. The summed E-state index contributed by atoms with van der Waals surface area (Å²) in [6.45, 7) is -0.291. The predicted molar refractivity (Wildman–Crippen MR) is 130 cm³/mol. The number of nitrogens with zero attached hydrogens (tertiary/aromatic N) is 3. The van der Waals surface area contributed by atoms with Crippen LogP contribution in [0.1, 0.15) is 24.0 Å². The largest absolute Gasteiger partial charge is 0.447 e. The van der Waals surface area contributed by atoms with Crippen molar-refractivity contribution < 1.29 is 37.4 Å². The quantitative estimate of drug-likeness (QED) is 0.293. The first kappa shape index (κ1) is 26.8. The van der Waals surface area contributed by atoms with Crippen molar-refractivity contribution in [3.63, 3.8) is 0 Å². The van der Waals surface area contributed by atoms with Gasteiger partial charge in [0.25, 0.3) is 5.91 Å². The van der Waals surface area contributed by atoms with Crippen LogP contribution in [0.5, 0.6) is 11.6 Å². The Bertz CT molecular complexity index is 1220. The fourth-order valence-electron chi connectivity index (χ4n) is 4.42. The monoisotopic (exact) mass is 534 g/mol. The molecule has 4 rings (SSSR count). The van der Waals surface area contributed by atoms with Crippen LogP contribution in [0.4, 0.5) is 4.79 Å². The van der Waals surface area contributed by atoms with E-state index in [1.807, 2.05) is 18.2 Å². The van der Waals surface area contributed by atoms with Crippen molar-refractivity contribution in [2.75, 3.05) is 40.0 Å². The van der Waals surface area contributed by atoms with E-state index in [2.05, 4.69) is 4.98 Å². The highest BCUT2D eigenvalue weighted by atomic mass is 32.2. The number of nitrogens with one attached hydrogen (secondary N) is 1. The number of benzene rings is 1. The molecule has 1 aromatic heterocycles. The molecule has 2 aliphatic rings. The van der Waals surface area contributed by atoms with Gasteiger partial charge in [0, 0.05) is 32.8 Å². The molecule has 200 valence electrons. The van der Waals surface area contributed by atoms with Gasteiger partial charge in [-0.05, 0) is 55.0 Å². The Morgan fingerprint density at radius 3 is 2.59 bits per heavy atom. The zero-order valence-corrected chi connectivity index (χ0v) is 21.3. The Kier molecular flexibility index (Phi) is 8.59. The highest BCUT2D eigenvalue weighted by molar-refractivity contribution is 7.89. The number of fused-ring (bicyclic) bond motifs is 1. The molecule has 12 nitrogen and oxygen atoms in total. The lowest BCUT2D eigenvalue weighted by atomic mass is 9.92. The molecule has 2 heterocycles. The molecule has 0 spiro atoms. The Morgan fingerprint density at radius 1 is 1.11 bits per heavy atom. The van der Waals surface area contributed by atoms with Crippen LogP contribution in [-0.4, -0.2) is 85.8 Å². The van der Waals surface area contributed by atoms with Gasteiger partial charge in [0.15, 0.2) is 0 Å². The maximum absolute atomic E-state index is 13.4. The van der Waals surface area contributed by atoms with E-state index in [0.717, 1.165) is 29.8 Å². The number of sulfonamides is 1. The molecule has 1 atom stereocenters. The van der Waals surface area contributed by atoms with E-state index in [1.54, 1.807) is 0 Å². The number of carbonyl (C=O) groups excluding carboxylic acids is 2. The minimum atomic E-state index is -4.19. The molecule has 0 radical (unpaired) electrons. The summed E-state index contributed by atoms with van der Waals surface area (Å²) in [6.07, 6.45) is 4.81. The van der Waals surface area contributed by atoms with Crippen LogP contribution < -0.4 is 10.2 Å². The van der Waals surface area contributed by atoms with Gasteiger partial charge in [0.05, 0.1) is 12.8 Å². The average Bonchev–Trinajstić information content (AvgIpc) is 2.92. The molecule has 37 heavy (non-hydrogen) atoms. The Hall–Kier alpha value is -3.26. The molecular formula is C24H30N4O8S. The van der Waals surface area contributed by atoms with Gasteiger partial charge < -0.3 is 19.1 Å². The van der Waals surface area contributed by atoms with E-state index in [-0.39, 0.29) is 43.6 Å². The van der Waals surface area contributed by atoms with Crippen LogP contribution >= 0.6 is 0 Å². The topological polar surface area (TPSA) is 148 Å². The maximum atomic E-state index is 13.4. The van der Waals surface area contributed by atoms with Crippen LogP contribution in [0, 0.1) is 0 Å². The first-order valence-electron chi connectivity index (χ1n) is 12.0. The highest BCUT2D eigenvalue weighted by Gasteiger charge is 2.42. The number of amides is 2. The molecule has 2 aromatic rings. The SMILES string of the molecule is COCCOC(=O)N1CCN(S(=O)(=O)c2ccc(Oc3ccc4c(c3)CCCC4)nc2)[C@@H](C(=O)NO)C1. The second-order valence-electron chi connectivity index (χ2n) is 8.73. The molecule has 2 N–H and O–H groups in total. The molecule has 1 saturated heterocycles. The zero-order valence-electron chi connectivity index (χ0n) is 20.5. The first-order valence-corrected chi connectivity index (χ1v) is 13.4. The fraction of sp³-hybridized carbons (Fsp3) is 0.458. The van der Waals surface area contributed by atoms with Gasteiger partial charge in [-0.15, -0.1) is 0 Å². The normalized spacial score (nSPS) is 18.1. The van der Waals surface area contributed by atoms with E-state index in [4.69, 9.17) is 14.2 Å². The molecule has 0 saturated carbocycles. The van der Waals surface area contributed by atoms with E-state index in [9.17, 15) is 23.2 Å². The van der Waals surface area contributed by atoms with Gasteiger partial charge in [-0.1, -0.05) is 6.07 Å². The number of ether oxygens (including phenoxy) is 3. The van der Waals surface area contributed by atoms with Crippen molar-refractivity contribution in [1.29, 1.82) is 0 Å². The van der Waals surface area contributed by atoms with Crippen LogP contribution in [0.2, 0.25) is 0 Å². The molecule has 0 bridgehead atoms. The van der Waals surface area contributed by atoms with Crippen molar-refractivity contribution in [1.82, 2.24) is 19.7 Å². The number of aryl methyl sites for hydroxylation is 2. The van der Waals surface area contributed by atoms with Gasteiger partial charge in [0.2, 0.25) is 15.9 Å². The highest BCUT2D eigenvalue weighted by Crippen LogP contribution is 2.29. The summed E-state index contributed by atoms with van der Waals surface area (Å²) in [6, 6.07) is 7.31. The third kappa shape index (κ3) is 6.18. The van der Waals surface area contributed by atoms with E-state index >= 15 is 0 Å². The van der Waals surface area contributed by atoms with Gasteiger partial charge in [0.1, 0.15) is 23.3 Å². The second-order valence-corrected chi connectivity index (χ2v) is 10.6.